The maximum atomic E-state index is 10.7. The molecule has 3 rings (SSSR count). The fourth-order valence-electron chi connectivity index (χ4n) is 3.80. The van der Waals surface area contributed by atoms with Crippen molar-refractivity contribution in [2.24, 2.45) is 5.92 Å². The Kier molecular flexibility index (Phi) is 3.63. The second-order valence-corrected chi connectivity index (χ2v) is 6.01. The predicted octanol–water partition coefficient (Wildman–Crippen LogP) is 2.68. The fraction of sp³-hybridized carbons (Fsp3) is 0.800. The quantitative estimate of drug-likeness (QED) is 0.913. The van der Waals surface area contributed by atoms with Crippen molar-refractivity contribution >= 4 is 0 Å². The van der Waals surface area contributed by atoms with Gasteiger partial charge in [0.2, 0.25) is 0 Å². The number of aromatic nitrogens is 2. The van der Waals surface area contributed by atoms with Crippen LogP contribution in [0, 0.1) is 5.92 Å². The third-order valence-corrected chi connectivity index (χ3v) is 4.84. The Morgan fingerprint density at radius 3 is 3.05 bits per heavy atom. The van der Waals surface area contributed by atoms with Gasteiger partial charge in [-0.2, -0.15) is 5.10 Å². The molecule has 0 bridgehead atoms. The van der Waals surface area contributed by atoms with Gasteiger partial charge in [-0.05, 0) is 44.6 Å². The highest BCUT2D eigenvalue weighted by Gasteiger charge is 2.42. The Morgan fingerprint density at radius 2 is 2.32 bits per heavy atom. The van der Waals surface area contributed by atoms with Gasteiger partial charge in [-0.3, -0.25) is 4.68 Å². The van der Waals surface area contributed by atoms with E-state index in [2.05, 4.69) is 12.0 Å². The molecule has 4 nitrogen and oxygen atoms in total. The van der Waals surface area contributed by atoms with E-state index >= 15 is 0 Å². The lowest BCUT2D eigenvalue weighted by Gasteiger charge is -2.40. The summed E-state index contributed by atoms with van der Waals surface area (Å²) in [5, 5.41) is 14.9. The topological polar surface area (TPSA) is 47.3 Å². The molecule has 1 aromatic rings. The zero-order chi connectivity index (χ0) is 13.3. The Morgan fingerprint density at radius 1 is 1.53 bits per heavy atom. The smallest absolute Gasteiger partial charge is 0.0986 e. The molecule has 2 aliphatic rings. The average molecular weight is 264 g/mol. The van der Waals surface area contributed by atoms with E-state index < -0.39 is 6.10 Å². The van der Waals surface area contributed by atoms with Crippen molar-refractivity contribution in [2.75, 3.05) is 6.61 Å². The number of hydrogen-bond acceptors (Lipinski definition) is 3. The molecule has 2 unspecified atom stereocenters. The second kappa shape index (κ2) is 5.25. The highest BCUT2D eigenvalue weighted by molar-refractivity contribution is 5.07. The number of nitrogens with zero attached hydrogens (tertiary/aromatic N) is 2. The average Bonchev–Trinajstić information content (AvgIpc) is 3.07. The molecule has 1 aliphatic heterocycles. The first-order valence-electron chi connectivity index (χ1n) is 7.58. The van der Waals surface area contributed by atoms with E-state index in [0.717, 1.165) is 31.7 Å². The Bertz CT molecular complexity index is 424. The van der Waals surface area contributed by atoms with Crippen LogP contribution in [0.4, 0.5) is 0 Å². The molecule has 2 fully saturated rings. The molecule has 1 saturated carbocycles. The monoisotopic (exact) mass is 264 g/mol. The maximum absolute atomic E-state index is 10.7. The maximum Gasteiger partial charge on any atom is 0.0986 e. The Hall–Kier alpha value is -0.870. The van der Waals surface area contributed by atoms with Crippen molar-refractivity contribution in [2.45, 2.75) is 63.7 Å². The van der Waals surface area contributed by atoms with Gasteiger partial charge in [0.1, 0.15) is 0 Å². The lowest BCUT2D eigenvalue weighted by atomic mass is 9.81. The lowest BCUT2D eigenvalue weighted by Crippen LogP contribution is -2.39. The van der Waals surface area contributed by atoms with E-state index in [1.54, 1.807) is 6.20 Å². The van der Waals surface area contributed by atoms with Crippen LogP contribution in [0.5, 0.6) is 0 Å². The highest BCUT2D eigenvalue weighted by atomic mass is 16.5. The number of aliphatic hydroxyl groups is 1. The van der Waals surface area contributed by atoms with Gasteiger partial charge in [-0.25, -0.2) is 0 Å². The third kappa shape index (κ3) is 2.43. The van der Waals surface area contributed by atoms with Crippen molar-refractivity contribution in [3.63, 3.8) is 0 Å². The first kappa shape index (κ1) is 13.1. The Balaban J connectivity index is 1.74. The molecule has 106 valence electrons. The van der Waals surface area contributed by atoms with Crippen LogP contribution in [0.1, 0.15) is 57.2 Å². The van der Waals surface area contributed by atoms with Crippen molar-refractivity contribution in [1.82, 2.24) is 9.78 Å². The van der Waals surface area contributed by atoms with Crippen LogP contribution >= 0.6 is 0 Å². The van der Waals surface area contributed by atoms with Gasteiger partial charge in [-0.1, -0.05) is 12.8 Å². The minimum Gasteiger partial charge on any atom is -0.387 e. The van der Waals surface area contributed by atoms with Crippen LogP contribution in [-0.2, 0) is 11.3 Å². The third-order valence-electron chi connectivity index (χ3n) is 4.84. The molecule has 2 atom stereocenters. The van der Waals surface area contributed by atoms with Gasteiger partial charge in [0, 0.05) is 19.3 Å². The predicted molar refractivity (Wildman–Crippen MR) is 72.7 cm³/mol. The van der Waals surface area contributed by atoms with E-state index in [0.29, 0.717) is 5.92 Å². The van der Waals surface area contributed by atoms with Gasteiger partial charge in [0.05, 0.1) is 17.4 Å². The van der Waals surface area contributed by atoms with E-state index in [1.807, 2.05) is 10.7 Å². The zero-order valence-electron chi connectivity index (χ0n) is 11.7. The lowest BCUT2D eigenvalue weighted by molar-refractivity contribution is -0.114. The molecule has 0 amide bonds. The normalized spacial score (nSPS) is 27.8. The highest BCUT2D eigenvalue weighted by Crippen LogP contribution is 2.45. The van der Waals surface area contributed by atoms with Crippen LogP contribution < -0.4 is 0 Å². The number of ether oxygens (including phenoxy) is 1. The van der Waals surface area contributed by atoms with Crippen LogP contribution in [0.15, 0.2) is 12.3 Å². The summed E-state index contributed by atoms with van der Waals surface area (Å²) in [6.07, 6.45) is 8.23. The molecule has 1 saturated heterocycles. The van der Waals surface area contributed by atoms with Crippen molar-refractivity contribution in [3.8, 4) is 0 Å². The Labute approximate surface area is 114 Å². The summed E-state index contributed by atoms with van der Waals surface area (Å²) in [4.78, 5) is 0. The van der Waals surface area contributed by atoms with Gasteiger partial charge < -0.3 is 9.84 Å². The summed E-state index contributed by atoms with van der Waals surface area (Å²) < 4.78 is 7.95. The van der Waals surface area contributed by atoms with Crippen LogP contribution in [0.2, 0.25) is 0 Å². The van der Waals surface area contributed by atoms with Gasteiger partial charge >= 0.3 is 0 Å². The summed E-state index contributed by atoms with van der Waals surface area (Å²) in [6, 6.07) is 1.95. The minimum absolute atomic E-state index is 0.0704. The molecular formula is C15H24N2O2. The van der Waals surface area contributed by atoms with Crippen LogP contribution in [0.25, 0.3) is 0 Å². The van der Waals surface area contributed by atoms with Gasteiger partial charge in [0.25, 0.3) is 0 Å². The first-order chi connectivity index (χ1) is 9.24. The molecule has 1 aromatic heterocycles. The summed E-state index contributed by atoms with van der Waals surface area (Å²) in [6.45, 7) is 3.67. The van der Waals surface area contributed by atoms with E-state index in [1.165, 1.54) is 25.7 Å². The molecule has 4 heteroatoms. The largest absolute Gasteiger partial charge is 0.387 e. The molecule has 19 heavy (non-hydrogen) atoms. The van der Waals surface area contributed by atoms with E-state index in [9.17, 15) is 5.11 Å². The first-order valence-corrected chi connectivity index (χ1v) is 7.58. The van der Waals surface area contributed by atoms with Crippen molar-refractivity contribution < 1.29 is 9.84 Å². The van der Waals surface area contributed by atoms with Crippen LogP contribution in [0.3, 0.4) is 0 Å². The summed E-state index contributed by atoms with van der Waals surface area (Å²) in [5.74, 6) is 0.314. The summed E-state index contributed by atoms with van der Waals surface area (Å²) in [7, 11) is 0. The number of hydrogen-bond donors (Lipinski definition) is 1. The molecule has 0 radical (unpaired) electrons. The number of aliphatic hydroxyl groups excluding tert-OH is 1. The standard InChI is InChI=1S/C15H24N2O2/c1-2-17-13(5-9-16-17)14(18)12-6-10-19-15(11-12)7-3-4-8-15/h5,9,12,14,18H,2-4,6-8,10-11H2,1H3. The fourth-order valence-corrected chi connectivity index (χ4v) is 3.80. The second-order valence-electron chi connectivity index (χ2n) is 6.01. The molecule has 1 spiro atoms. The number of aryl methyl sites for hydroxylation is 1. The molecular weight excluding hydrogens is 240 g/mol. The van der Waals surface area contributed by atoms with Crippen molar-refractivity contribution in [3.05, 3.63) is 18.0 Å². The van der Waals surface area contributed by atoms with Crippen molar-refractivity contribution in [1.29, 1.82) is 0 Å². The summed E-state index contributed by atoms with van der Waals surface area (Å²) >= 11 is 0. The SMILES string of the molecule is CCn1nccc1C(O)C1CCOC2(CCCC2)C1. The zero-order valence-corrected chi connectivity index (χ0v) is 11.7. The van der Waals surface area contributed by atoms with E-state index in [4.69, 9.17) is 4.74 Å². The molecule has 2 heterocycles. The van der Waals surface area contributed by atoms with Gasteiger partial charge in [0.15, 0.2) is 0 Å². The molecule has 1 aliphatic carbocycles. The van der Waals surface area contributed by atoms with Crippen LogP contribution in [-0.4, -0.2) is 27.1 Å². The summed E-state index contributed by atoms with van der Waals surface area (Å²) in [5.41, 5.74) is 1.03. The van der Waals surface area contributed by atoms with E-state index in [-0.39, 0.29) is 5.60 Å². The minimum atomic E-state index is -0.399. The van der Waals surface area contributed by atoms with Gasteiger partial charge in [-0.15, -0.1) is 0 Å². The molecule has 1 N–H and O–H groups in total. The molecule has 0 aromatic carbocycles. The number of rotatable bonds is 3.